The summed E-state index contributed by atoms with van der Waals surface area (Å²) in [5, 5.41) is 13.2. The van der Waals surface area contributed by atoms with E-state index in [1.165, 1.54) is 6.34 Å². The van der Waals surface area contributed by atoms with Crippen molar-refractivity contribution in [1.82, 2.24) is 5.32 Å². The van der Waals surface area contributed by atoms with Crippen molar-refractivity contribution in [3.8, 4) is 0 Å². The molecule has 0 saturated carbocycles. The average Bonchev–Trinajstić information content (AvgIpc) is 2.92. The van der Waals surface area contributed by atoms with E-state index in [4.69, 9.17) is 0 Å². The highest BCUT2D eigenvalue weighted by Crippen LogP contribution is 2.36. The zero-order valence-electron chi connectivity index (χ0n) is 11.1. The Morgan fingerprint density at radius 1 is 1.45 bits per heavy atom. The molecule has 1 aliphatic heterocycles. The number of aliphatic imine (C=N–C) groups is 1. The number of carbonyl (C=O) groups excluding carboxylic acids is 1. The molecule has 0 saturated heterocycles. The van der Waals surface area contributed by atoms with Crippen LogP contribution in [0.3, 0.4) is 0 Å². The fourth-order valence-corrected chi connectivity index (χ4v) is 2.97. The molecule has 0 bridgehead atoms. The fourth-order valence-electron chi connectivity index (χ4n) is 2.97. The van der Waals surface area contributed by atoms with Crippen molar-refractivity contribution < 1.29 is 9.72 Å². The molecule has 1 spiro atoms. The molecule has 6 nitrogen and oxygen atoms in total. The summed E-state index contributed by atoms with van der Waals surface area (Å²) in [6.45, 7) is 1.76. The third-order valence-corrected chi connectivity index (χ3v) is 4.12. The molecule has 0 aromatic heterocycles. The van der Waals surface area contributed by atoms with Gasteiger partial charge in [0.25, 0.3) is 5.91 Å². The molecule has 0 radical (unpaired) electrons. The molecule has 1 heterocycles. The third-order valence-electron chi connectivity index (χ3n) is 4.12. The van der Waals surface area contributed by atoms with Crippen molar-refractivity contribution in [3.05, 3.63) is 45.0 Å². The van der Waals surface area contributed by atoms with E-state index in [-0.39, 0.29) is 23.3 Å². The molecule has 6 heteroatoms. The number of amides is 1. The monoisotopic (exact) mass is 273 g/mol. The molecule has 1 N–H and O–H groups in total. The van der Waals surface area contributed by atoms with Gasteiger partial charge in [-0.1, -0.05) is 25.1 Å². The highest BCUT2D eigenvalue weighted by atomic mass is 16.6. The van der Waals surface area contributed by atoms with Gasteiger partial charge in [-0.15, -0.1) is 0 Å². The van der Waals surface area contributed by atoms with Gasteiger partial charge in [-0.05, 0) is 16.7 Å². The van der Waals surface area contributed by atoms with Gasteiger partial charge in [0, 0.05) is 23.7 Å². The second-order valence-corrected chi connectivity index (χ2v) is 5.56. The lowest BCUT2D eigenvalue weighted by Gasteiger charge is -2.15. The quantitative estimate of drug-likeness (QED) is 0.660. The first kappa shape index (κ1) is 12.8. The van der Waals surface area contributed by atoms with Crippen molar-refractivity contribution in [2.45, 2.75) is 31.2 Å². The van der Waals surface area contributed by atoms with E-state index in [0.717, 1.165) is 16.7 Å². The number of nitro groups is 1. The summed E-state index contributed by atoms with van der Waals surface area (Å²) in [6.07, 6.45) is 2.64. The van der Waals surface area contributed by atoms with Crippen LogP contribution >= 0.6 is 0 Å². The summed E-state index contributed by atoms with van der Waals surface area (Å²) in [5.74, 6) is -0.193. The Labute approximate surface area is 116 Å². The van der Waals surface area contributed by atoms with Gasteiger partial charge in [-0.2, -0.15) is 0 Å². The molecule has 1 aromatic rings. The lowest BCUT2D eigenvalue weighted by molar-refractivity contribution is -0.482. The molecule has 3 rings (SSSR count). The lowest BCUT2D eigenvalue weighted by atomic mass is 9.96. The maximum Gasteiger partial charge on any atom is 0.253 e. The van der Waals surface area contributed by atoms with E-state index in [1.807, 2.05) is 25.1 Å². The summed E-state index contributed by atoms with van der Waals surface area (Å²) in [6, 6.07) is 5.87. The molecule has 2 atom stereocenters. The smallest absolute Gasteiger partial charge is 0.253 e. The Morgan fingerprint density at radius 2 is 2.20 bits per heavy atom. The lowest BCUT2D eigenvalue weighted by Crippen LogP contribution is -2.39. The zero-order valence-corrected chi connectivity index (χ0v) is 11.1. The van der Waals surface area contributed by atoms with Crippen LogP contribution in [0.1, 0.15) is 29.5 Å². The highest BCUT2D eigenvalue weighted by Gasteiger charge is 2.45. The van der Waals surface area contributed by atoms with Crippen molar-refractivity contribution in [1.29, 1.82) is 0 Å². The molecular formula is C14H15N3O3. The number of hydrogen-bond donors (Lipinski definition) is 1. The molecule has 1 amide bonds. The largest absolute Gasteiger partial charge is 0.315 e. The van der Waals surface area contributed by atoms with E-state index in [0.29, 0.717) is 12.8 Å². The maximum absolute atomic E-state index is 11.9. The van der Waals surface area contributed by atoms with Crippen LogP contribution in [0.15, 0.2) is 23.2 Å². The van der Waals surface area contributed by atoms with Crippen LogP contribution in [-0.4, -0.2) is 29.3 Å². The first-order chi connectivity index (χ1) is 9.50. The van der Waals surface area contributed by atoms with Gasteiger partial charge in [0.1, 0.15) is 5.54 Å². The SMILES string of the molecule is CC(C[N+](=O)[O-])c1ccc2c(c1)C[C@@]1(C2)N=CNC1=O. The van der Waals surface area contributed by atoms with Crippen LogP contribution in [0, 0.1) is 10.1 Å². The normalized spacial score (nSPS) is 24.8. The van der Waals surface area contributed by atoms with Gasteiger partial charge in [0.2, 0.25) is 6.54 Å². The first-order valence-corrected chi connectivity index (χ1v) is 6.58. The number of nitrogens with one attached hydrogen (secondary N) is 1. The van der Waals surface area contributed by atoms with Gasteiger partial charge in [0.15, 0.2) is 0 Å². The first-order valence-electron chi connectivity index (χ1n) is 6.58. The number of rotatable bonds is 3. The number of fused-ring (bicyclic) bond motifs is 1. The van der Waals surface area contributed by atoms with E-state index < -0.39 is 5.54 Å². The highest BCUT2D eigenvalue weighted by molar-refractivity contribution is 6.01. The Balaban J connectivity index is 1.87. The Hall–Kier alpha value is -2.24. The average molecular weight is 273 g/mol. The Bertz CT molecular complexity index is 626. The molecule has 1 aromatic carbocycles. The number of benzene rings is 1. The molecular weight excluding hydrogens is 258 g/mol. The second-order valence-electron chi connectivity index (χ2n) is 5.56. The van der Waals surface area contributed by atoms with E-state index in [9.17, 15) is 14.9 Å². The third kappa shape index (κ3) is 1.97. The topological polar surface area (TPSA) is 84.6 Å². The standard InChI is InChI=1S/C14H15N3O3/c1-9(7-17(19)20)10-2-3-11-5-14(6-12(11)4-10)13(18)15-8-16-14/h2-4,8-9H,5-7H2,1H3,(H,15,16,18)/t9?,14-/m1/s1. The van der Waals surface area contributed by atoms with Crippen LogP contribution in [0.5, 0.6) is 0 Å². The second kappa shape index (κ2) is 4.40. The minimum atomic E-state index is -0.687. The summed E-state index contributed by atoms with van der Waals surface area (Å²) in [4.78, 5) is 26.5. The van der Waals surface area contributed by atoms with Gasteiger partial charge in [0.05, 0.1) is 6.34 Å². The summed E-state index contributed by atoms with van der Waals surface area (Å²) in [5.41, 5.74) is 2.44. The van der Waals surface area contributed by atoms with Crippen molar-refractivity contribution in [2.75, 3.05) is 6.54 Å². The summed E-state index contributed by atoms with van der Waals surface area (Å²) < 4.78 is 0. The predicted molar refractivity (Wildman–Crippen MR) is 73.5 cm³/mol. The van der Waals surface area contributed by atoms with Crippen LogP contribution in [0.4, 0.5) is 0 Å². The van der Waals surface area contributed by atoms with E-state index in [1.54, 1.807) is 0 Å². The molecule has 2 aliphatic rings. The summed E-state index contributed by atoms with van der Waals surface area (Å²) >= 11 is 0. The van der Waals surface area contributed by atoms with Crippen LogP contribution in [0.25, 0.3) is 0 Å². The van der Waals surface area contributed by atoms with E-state index in [2.05, 4.69) is 10.3 Å². The maximum atomic E-state index is 11.9. The number of carbonyl (C=O) groups is 1. The molecule has 0 fully saturated rings. The van der Waals surface area contributed by atoms with Crippen molar-refractivity contribution in [3.63, 3.8) is 0 Å². The summed E-state index contributed by atoms with van der Waals surface area (Å²) in [7, 11) is 0. The van der Waals surface area contributed by atoms with E-state index >= 15 is 0 Å². The molecule has 1 aliphatic carbocycles. The molecule has 20 heavy (non-hydrogen) atoms. The van der Waals surface area contributed by atoms with Gasteiger partial charge in [-0.3, -0.25) is 19.9 Å². The van der Waals surface area contributed by atoms with Crippen LogP contribution in [-0.2, 0) is 17.6 Å². The van der Waals surface area contributed by atoms with Gasteiger partial charge >= 0.3 is 0 Å². The minimum absolute atomic E-state index is 0.0615. The van der Waals surface area contributed by atoms with Gasteiger partial charge in [-0.25, -0.2) is 0 Å². The zero-order chi connectivity index (χ0) is 14.3. The Kier molecular flexibility index (Phi) is 2.81. The van der Waals surface area contributed by atoms with Gasteiger partial charge < -0.3 is 5.32 Å². The predicted octanol–water partition coefficient (Wildman–Crippen LogP) is 1.06. The number of hydrogen-bond acceptors (Lipinski definition) is 4. The molecule has 1 unspecified atom stereocenters. The molecule has 104 valence electrons. The van der Waals surface area contributed by atoms with Crippen molar-refractivity contribution >= 4 is 12.2 Å². The minimum Gasteiger partial charge on any atom is -0.315 e. The Morgan fingerprint density at radius 3 is 2.85 bits per heavy atom. The van der Waals surface area contributed by atoms with Crippen LogP contribution < -0.4 is 5.32 Å². The fraction of sp³-hybridized carbons (Fsp3) is 0.429. The van der Waals surface area contributed by atoms with Crippen molar-refractivity contribution in [2.24, 2.45) is 4.99 Å². The number of nitrogens with zero attached hydrogens (tertiary/aromatic N) is 2. The van der Waals surface area contributed by atoms with Crippen LogP contribution in [0.2, 0.25) is 0 Å².